The highest BCUT2D eigenvalue weighted by atomic mass is 35.5. The summed E-state index contributed by atoms with van der Waals surface area (Å²) in [6.45, 7) is 1.07. The van der Waals surface area contributed by atoms with Crippen LogP contribution in [0, 0.1) is 0 Å². The predicted molar refractivity (Wildman–Crippen MR) is 78.0 cm³/mol. The van der Waals surface area contributed by atoms with E-state index in [9.17, 15) is 9.90 Å². The number of hydrogen-bond donors (Lipinski definition) is 1. The molecular weight excluding hydrogens is 278 g/mol. The molecule has 110 valence electrons. The van der Waals surface area contributed by atoms with E-state index < -0.39 is 0 Å². The smallest absolute Gasteiger partial charge is 0.226 e. The normalized spacial score (nSPS) is 18.9. The van der Waals surface area contributed by atoms with Crippen LogP contribution in [0.3, 0.4) is 0 Å². The molecule has 1 atom stereocenters. The van der Waals surface area contributed by atoms with Crippen LogP contribution in [0.1, 0.15) is 25.7 Å². The summed E-state index contributed by atoms with van der Waals surface area (Å²) in [6.07, 6.45) is 3.27. The molecule has 1 N–H and O–H groups in total. The van der Waals surface area contributed by atoms with Crippen molar-refractivity contribution in [3.05, 3.63) is 29.3 Å². The Balaban J connectivity index is 1.81. The molecule has 1 heterocycles. The van der Waals surface area contributed by atoms with Gasteiger partial charge in [-0.15, -0.1) is 0 Å². The number of carbonyl (C=O) groups excluding carboxylic acids is 1. The van der Waals surface area contributed by atoms with Gasteiger partial charge in [-0.1, -0.05) is 23.7 Å². The number of piperidine rings is 1. The van der Waals surface area contributed by atoms with Gasteiger partial charge in [-0.25, -0.2) is 0 Å². The molecule has 4 nitrogen and oxygen atoms in total. The number of amides is 1. The fourth-order valence-corrected chi connectivity index (χ4v) is 2.66. The standard InChI is InChI=1S/C15H20ClNO3/c16-13-6-1-2-7-14(13)20-10-8-15(19)17-9-4-3-5-12(17)11-18/h1-2,6-7,12,18H,3-5,8-11H2. The number of aliphatic hydroxyl groups is 1. The Labute approximate surface area is 124 Å². The third-order valence-corrected chi connectivity index (χ3v) is 3.88. The van der Waals surface area contributed by atoms with Crippen LogP contribution in [0.15, 0.2) is 24.3 Å². The van der Waals surface area contributed by atoms with E-state index in [1.165, 1.54) is 0 Å². The summed E-state index contributed by atoms with van der Waals surface area (Å²) in [5, 5.41) is 9.85. The van der Waals surface area contributed by atoms with Gasteiger partial charge in [-0.2, -0.15) is 0 Å². The minimum Gasteiger partial charge on any atom is -0.491 e. The molecule has 0 saturated carbocycles. The molecule has 1 aromatic rings. The summed E-state index contributed by atoms with van der Waals surface area (Å²) < 4.78 is 5.53. The monoisotopic (exact) mass is 297 g/mol. The van der Waals surface area contributed by atoms with E-state index in [1.54, 1.807) is 17.0 Å². The molecule has 1 amide bonds. The lowest BCUT2D eigenvalue weighted by Gasteiger charge is -2.34. The zero-order valence-corrected chi connectivity index (χ0v) is 12.2. The van der Waals surface area contributed by atoms with Crippen molar-refractivity contribution in [1.82, 2.24) is 4.90 Å². The number of ether oxygens (including phenoxy) is 1. The van der Waals surface area contributed by atoms with Crippen molar-refractivity contribution < 1.29 is 14.6 Å². The van der Waals surface area contributed by atoms with E-state index in [0.717, 1.165) is 25.8 Å². The van der Waals surface area contributed by atoms with Gasteiger partial charge < -0.3 is 14.7 Å². The number of nitrogens with zero attached hydrogens (tertiary/aromatic N) is 1. The quantitative estimate of drug-likeness (QED) is 0.908. The summed E-state index contributed by atoms with van der Waals surface area (Å²) in [5.74, 6) is 0.634. The van der Waals surface area contributed by atoms with Gasteiger partial charge in [0.05, 0.1) is 30.7 Å². The Morgan fingerprint density at radius 1 is 1.40 bits per heavy atom. The number of hydrogen-bond acceptors (Lipinski definition) is 3. The topological polar surface area (TPSA) is 49.8 Å². The molecule has 0 radical (unpaired) electrons. The summed E-state index contributed by atoms with van der Waals surface area (Å²) in [7, 11) is 0. The third kappa shape index (κ3) is 3.87. The Morgan fingerprint density at radius 2 is 2.20 bits per heavy atom. The number of rotatable bonds is 5. The van der Waals surface area contributed by atoms with E-state index >= 15 is 0 Å². The van der Waals surface area contributed by atoms with Gasteiger partial charge >= 0.3 is 0 Å². The highest BCUT2D eigenvalue weighted by molar-refractivity contribution is 6.32. The molecule has 0 spiro atoms. The number of benzene rings is 1. The van der Waals surface area contributed by atoms with Gasteiger partial charge in [0.1, 0.15) is 5.75 Å². The van der Waals surface area contributed by atoms with Crippen molar-refractivity contribution in [2.75, 3.05) is 19.8 Å². The van der Waals surface area contributed by atoms with Crippen LogP contribution in [0.5, 0.6) is 5.75 Å². The molecule has 5 heteroatoms. The highest BCUT2D eigenvalue weighted by Crippen LogP contribution is 2.23. The lowest BCUT2D eigenvalue weighted by Crippen LogP contribution is -2.46. The van der Waals surface area contributed by atoms with Gasteiger partial charge in [-0.3, -0.25) is 4.79 Å². The average Bonchev–Trinajstić information content (AvgIpc) is 2.49. The van der Waals surface area contributed by atoms with Crippen molar-refractivity contribution >= 4 is 17.5 Å². The summed E-state index contributed by atoms with van der Waals surface area (Å²) in [4.78, 5) is 13.9. The van der Waals surface area contributed by atoms with Crippen LogP contribution in [0.25, 0.3) is 0 Å². The SMILES string of the molecule is O=C(CCOc1ccccc1Cl)N1CCCCC1CO. The molecule has 1 aromatic carbocycles. The molecule has 2 rings (SSSR count). The summed E-state index contributed by atoms with van der Waals surface area (Å²) in [5.41, 5.74) is 0. The molecule has 0 bridgehead atoms. The minimum absolute atomic E-state index is 0.0310. The largest absolute Gasteiger partial charge is 0.491 e. The van der Waals surface area contributed by atoms with E-state index in [2.05, 4.69) is 0 Å². The molecule has 1 unspecified atom stereocenters. The first-order valence-corrected chi connectivity index (χ1v) is 7.38. The van der Waals surface area contributed by atoms with Crippen molar-refractivity contribution in [2.45, 2.75) is 31.7 Å². The Morgan fingerprint density at radius 3 is 2.95 bits per heavy atom. The molecule has 1 aliphatic heterocycles. The fraction of sp³-hybridized carbons (Fsp3) is 0.533. The van der Waals surface area contributed by atoms with E-state index in [-0.39, 0.29) is 18.6 Å². The second-order valence-corrected chi connectivity index (χ2v) is 5.36. The van der Waals surface area contributed by atoms with Crippen LogP contribution < -0.4 is 4.74 Å². The second-order valence-electron chi connectivity index (χ2n) is 4.95. The van der Waals surface area contributed by atoms with Crippen LogP contribution >= 0.6 is 11.6 Å². The van der Waals surface area contributed by atoms with Crippen molar-refractivity contribution in [2.24, 2.45) is 0 Å². The first kappa shape index (κ1) is 15.1. The average molecular weight is 298 g/mol. The van der Waals surface area contributed by atoms with Gasteiger partial charge in [0, 0.05) is 6.54 Å². The van der Waals surface area contributed by atoms with E-state index in [1.807, 2.05) is 12.1 Å². The first-order chi connectivity index (χ1) is 9.72. The van der Waals surface area contributed by atoms with Crippen LogP contribution in [-0.4, -0.2) is 41.7 Å². The van der Waals surface area contributed by atoms with E-state index in [4.69, 9.17) is 16.3 Å². The predicted octanol–water partition coefficient (Wildman–Crippen LogP) is 2.48. The van der Waals surface area contributed by atoms with Crippen LogP contribution in [0.4, 0.5) is 0 Å². The third-order valence-electron chi connectivity index (χ3n) is 3.57. The summed E-state index contributed by atoms with van der Waals surface area (Å²) in [6, 6.07) is 7.18. The summed E-state index contributed by atoms with van der Waals surface area (Å²) >= 11 is 5.98. The van der Waals surface area contributed by atoms with Crippen molar-refractivity contribution in [3.63, 3.8) is 0 Å². The number of carbonyl (C=O) groups is 1. The molecule has 1 saturated heterocycles. The molecule has 0 aliphatic carbocycles. The Hall–Kier alpha value is -1.26. The Kier molecular flexibility index (Phi) is 5.68. The molecular formula is C15H20ClNO3. The lowest BCUT2D eigenvalue weighted by atomic mass is 10.0. The maximum absolute atomic E-state index is 12.1. The van der Waals surface area contributed by atoms with Gasteiger partial charge in [-0.05, 0) is 31.4 Å². The number of halogens is 1. The minimum atomic E-state index is -0.0310. The molecule has 1 aliphatic rings. The van der Waals surface area contributed by atoms with Gasteiger partial charge in [0.2, 0.25) is 5.91 Å². The zero-order valence-electron chi connectivity index (χ0n) is 11.4. The molecule has 0 aromatic heterocycles. The van der Waals surface area contributed by atoms with Crippen molar-refractivity contribution in [3.8, 4) is 5.75 Å². The van der Waals surface area contributed by atoms with E-state index in [0.29, 0.717) is 23.8 Å². The fourth-order valence-electron chi connectivity index (χ4n) is 2.47. The maximum atomic E-state index is 12.1. The lowest BCUT2D eigenvalue weighted by molar-refractivity contribution is -0.136. The van der Waals surface area contributed by atoms with Gasteiger partial charge in [0.25, 0.3) is 0 Å². The second kappa shape index (κ2) is 7.50. The Bertz CT molecular complexity index is 452. The number of likely N-dealkylation sites (tertiary alicyclic amines) is 1. The zero-order chi connectivity index (χ0) is 14.4. The number of aliphatic hydroxyl groups excluding tert-OH is 1. The number of para-hydroxylation sites is 1. The molecule has 20 heavy (non-hydrogen) atoms. The highest BCUT2D eigenvalue weighted by Gasteiger charge is 2.25. The van der Waals surface area contributed by atoms with Gasteiger partial charge in [0.15, 0.2) is 0 Å². The first-order valence-electron chi connectivity index (χ1n) is 7.00. The molecule has 1 fully saturated rings. The van der Waals surface area contributed by atoms with Crippen LogP contribution in [-0.2, 0) is 4.79 Å². The maximum Gasteiger partial charge on any atom is 0.226 e. The van der Waals surface area contributed by atoms with Crippen LogP contribution in [0.2, 0.25) is 5.02 Å². The van der Waals surface area contributed by atoms with Crippen molar-refractivity contribution in [1.29, 1.82) is 0 Å².